The van der Waals surface area contributed by atoms with E-state index < -0.39 is 5.60 Å². The molecule has 2 N–H and O–H groups in total. The fraction of sp³-hybridized carbons (Fsp3) is 0.667. The number of rotatable bonds is 4. The van der Waals surface area contributed by atoms with E-state index in [4.69, 9.17) is 10.1 Å². The molecule has 15 heavy (non-hydrogen) atoms. The standard InChI is InChI=1S/C9H16BrN3O2/c1-6(11)8(10)13-12-5-7(14)15-9(2,3)4/h11-12H,5H2,1-4H3/b11-6?,13-8+. The van der Waals surface area contributed by atoms with E-state index in [0.717, 1.165) is 0 Å². The van der Waals surface area contributed by atoms with Crippen LogP contribution in [0.15, 0.2) is 5.10 Å². The second kappa shape index (κ2) is 5.85. The number of hydrogen-bond acceptors (Lipinski definition) is 5. The Balaban J connectivity index is 3.93. The van der Waals surface area contributed by atoms with Crippen molar-refractivity contribution in [2.75, 3.05) is 6.54 Å². The number of nitrogens with one attached hydrogen (secondary N) is 2. The summed E-state index contributed by atoms with van der Waals surface area (Å²) < 4.78 is 5.41. The Hall–Kier alpha value is -0.910. The Labute approximate surface area is 97.9 Å². The Morgan fingerprint density at radius 3 is 2.47 bits per heavy atom. The van der Waals surface area contributed by atoms with Gasteiger partial charge in [-0.1, -0.05) is 0 Å². The molecule has 6 heteroatoms. The first-order valence-corrected chi connectivity index (χ1v) is 5.25. The van der Waals surface area contributed by atoms with Crippen molar-refractivity contribution in [2.45, 2.75) is 33.3 Å². The summed E-state index contributed by atoms with van der Waals surface area (Å²) in [6.45, 7) is 6.96. The van der Waals surface area contributed by atoms with E-state index in [9.17, 15) is 4.79 Å². The van der Waals surface area contributed by atoms with Crippen molar-refractivity contribution in [2.24, 2.45) is 5.10 Å². The van der Waals surface area contributed by atoms with E-state index >= 15 is 0 Å². The maximum Gasteiger partial charge on any atom is 0.327 e. The third kappa shape index (κ3) is 8.11. The van der Waals surface area contributed by atoms with Gasteiger partial charge in [-0.05, 0) is 43.6 Å². The minimum absolute atomic E-state index is 0.0142. The summed E-state index contributed by atoms with van der Waals surface area (Å²) in [5.41, 5.74) is 2.31. The van der Waals surface area contributed by atoms with E-state index in [2.05, 4.69) is 26.5 Å². The van der Waals surface area contributed by atoms with Gasteiger partial charge < -0.3 is 10.1 Å². The van der Waals surface area contributed by atoms with Gasteiger partial charge in [-0.2, -0.15) is 5.10 Å². The van der Waals surface area contributed by atoms with E-state index in [-0.39, 0.29) is 18.2 Å². The van der Waals surface area contributed by atoms with Crippen LogP contribution in [0.25, 0.3) is 0 Å². The van der Waals surface area contributed by atoms with Crippen LogP contribution in [0.1, 0.15) is 27.7 Å². The van der Waals surface area contributed by atoms with Crippen LogP contribution < -0.4 is 5.43 Å². The molecule has 0 fully saturated rings. The van der Waals surface area contributed by atoms with Gasteiger partial charge in [-0.3, -0.25) is 10.2 Å². The highest BCUT2D eigenvalue weighted by Gasteiger charge is 2.15. The van der Waals surface area contributed by atoms with Crippen molar-refractivity contribution in [1.29, 1.82) is 5.41 Å². The quantitative estimate of drug-likeness (QED) is 0.466. The van der Waals surface area contributed by atoms with Crippen molar-refractivity contribution >= 4 is 32.2 Å². The lowest BCUT2D eigenvalue weighted by molar-refractivity contribution is -0.153. The number of ether oxygens (including phenoxy) is 1. The van der Waals surface area contributed by atoms with Gasteiger partial charge in [-0.25, -0.2) is 0 Å². The Morgan fingerprint density at radius 2 is 2.07 bits per heavy atom. The molecule has 0 rings (SSSR count). The lowest BCUT2D eigenvalue weighted by Crippen LogP contribution is -2.30. The van der Waals surface area contributed by atoms with Crippen LogP contribution in [0.5, 0.6) is 0 Å². The van der Waals surface area contributed by atoms with Crippen LogP contribution in [0.4, 0.5) is 0 Å². The number of nitrogens with zero attached hydrogens (tertiary/aromatic N) is 1. The van der Waals surface area contributed by atoms with Gasteiger partial charge in [0.1, 0.15) is 16.8 Å². The van der Waals surface area contributed by atoms with Gasteiger partial charge in [-0.15, -0.1) is 0 Å². The maximum atomic E-state index is 11.2. The summed E-state index contributed by atoms with van der Waals surface area (Å²) in [7, 11) is 0. The predicted molar refractivity (Wildman–Crippen MR) is 63.6 cm³/mol. The Morgan fingerprint density at radius 1 is 1.53 bits per heavy atom. The van der Waals surface area contributed by atoms with Crippen LogP contribution >= 0.6 is 15.9 Å². The molecule has 0 spiro atoms. The second-order valence-corrected chi connectivity index (χ2v) is 4.70. The van der Waals surface area contributed by atoms with Crippen molar-refractivity contribution in [3.8, 4) is 0 Å². The number of esters is 1. The van der Waals surface area contributed by atoms with Crippen LogP contribution in [0, 0.1) is 5.41 Å². The first-order chi connectivity index (χ1) is 6.72. The minimum atomic E-state index is -0.489. The van der Waals surface area contributed by atoms with E-state index in [1.165, 1.54) is 0 Å². The molecule has 5 nitrogen and oxygen atoms in total. The van der Waals surface area contributed by atoms with Gasteiger partial charge in [0.15, 0.2) is 0 Å². The smallest absolute Gasteiger partial charge is 0.327 e. The summed E-state index contributed by atoms with van der Waals surface area (Å²) >= 11 is 3.06. The zero-order valence-corrected chi connectivity index (χ0v) is 10.9. The van der Waals surface area contributed by atoms with E-state index in [0.29, 0.717) is 4.62 Å². The van der Waals surface area contributed by atoms with Crippen LogP contribution in [-0.2, 0) is 9.53 Å². The van der Waals surface area contributed by atoms with Crippen LogP contribution in [0.2, 0.25) is 0 Å². The number of halogens is 1. The van der Waals surface area contributed by atoms with Crippen molar-refractivity contribution < 1.29 is 9.53 Å². The predicted octanol–water partition coefficient (Wildman–Crippen LogP) is 1.67. The molecule has 0 amide bonds. The molecule has 0 aromatic rings. The monoisotopic (exact) mass is 277 g/mol. The molecule has 0 unspecified atom stereocenters. The summed E-state index contributed by atoms with van der Waals surface area (Å²) in [5.74, 6) is -0.380. The lowest BCUT2D eigenvalue weighted by Gasteiger charge is -2.19. The fourth-order valence-corrected chi connectivity index (χ4v) is 0.760. The SMILES string of the molecule is CC(=N)/C(Br)=N\NCC(=O)OC(C)(C)C. The summed E-state index contributed by atoms with van der Waals surface area (Å²) in [6, 6.07) is 0. The second-order valence-electron chi connectivity index (χ2n) is 3.95. The maximum absolute atomic E-state index is 11.2. The molecule has 0 aliphatic rings. The number of carbonyl (C=O) groups excluding carboxylic acids is 1. The number of carbonyl (C=O) groups is 1. The molecule has 0 aliphatic carbocycles. The van der Waals surface area contributed by atoms with Crippen molar-refractivity contribution in [1.82, 2.24) is 5.43 Å². The first kappa shape index (κ1) is 14.1. The molecule has 0 aromatic heterocycles. The Bertz CT molecular complexity index is 282. The zero-order chi connectivity index (χ0) is 12.1. The van der Waals surface area contributed by atoms with Crippen molar-refractivity contribution in [3.05, 3.63) is 0 Å². The van der Waals surface area contributed by atoms with Gasteiger partial charge in [0.05, 0.1) is 5.71 Å². The largest absolute Gasteiger partial charge is 0.459 e. The zero-order valence-electron chi connectivity index (χ0n) is 9.35. The topological polar surface area (TPSA) is 74.5 Å². The van der Waals surface area contributed by atoms with Gasteiger partial charge in [0.2, 0.25) is 0 Å². The van der Waals surface area contributed by atoms with E-state index in [1.807, 2.05) is 0 Å². The van der Waals surface area contributed by atoms with Gasteiger partial charge >= 0.3 is 5.97 Å². The van der Waals surface area contributed by atoms with Crippen LogP contribution in [-0.4, -0.2) is 28.4 Å². The highest BCUT2D eigenvalue weighted by molar-refractivity contribution is 9.19. The molecule has 0 aromatic carbocycles. The molecule has 0 saturated heterocycles. The third-order valence-corrected chi connectivity index (χ3v) is 1.90. The normalized spacial score (nSPS) is 12.2. The molecule has 86 valence electrons. The third-order valence-electron chi connectivity index (χ3n) is 1.13. The Kier molecular flexibility index (Phi) is 5.49. The summed E-state index contributed by atoms with van der Waals surface area (Å²) in [5, 5.41) is 10.9. The first-order valence-electron chi connectivity index (χ1n) is 4.46. The molecular formula is C9H16BrN3O2. The molecule has 0 aliphatic heterocycles. The highest BCUT2D eigenvalue weighted by atomic mass is 79.9. The molecule has 0 bridgehead atoms. The summed E-state index contributed by atoms with van der Waals surface area (Å²) in [6.07, 6.45) is 0. The van der Waals surface area contributed by atoms with Crippen molar-refractivity contribution in [3.63, 3.8) is 0 Å². The molecule has 0 radical (unpaired) electrons. The minimum Gasteiger partial charge on any atom is -0.459 e. The molecular weight excluding hydrogens is 262 g/mol. The molecule has 0 saturated carbocycles. The summed E-state index contributed by atoms with van der Waals surface area (Å²) in [4.78, 5) is 11.2. The average molecular weight is 278 g/mol. The lowest BCUT2D eigenvalue weighted by atomic mass is 10.2. The number of hydrogen-bond donors (Lipinski definition) is 2. The number of hydrazone groups is 1. The molecule has 0 heterocycles. The van der Waals surface area contributed by atoms with Gasteiger partial charge in [0.25, 0.3) is 0 Å². The average Bonchev–Trinajstić information content (AvgIpc) is 2.00. The molecule has 0 atom stereocenters. The van der Waals surface area contributed by atoms with Gasteiger partial charge in [0, 0.05) is 0 Å². The fourth-order valence-electron chi connectivity index (χ4n) is 0.635. The highest BCUT2D eigenvalue weighted by Crippen LogP contribution is 2.06. The van der Waals surface area contributed by atoms with E-state index in [1.54, 1.807) is 27.7 Å². The van der Waals surface area contributed by atoms with Crippen LogP contribution in [0.3, 0.4) is 0 Å².